The zero-order valence-electron chi connectivity index (χ0n) is 8.01. The van der Waals surface area contributed by atoms with Crippen LogP contribution < -0.4 is 5.73 Å². The van der Waals surface area contributed by atoms with Crippen LogP contribution in [0, 0.1) is 0 Å². The molecule has 0 heterocycles. The quantitative estimate of drug-likeness (QED) is 0.448. The Kier molecular flexibility index (Phi) is 3.88. The van der Waals surface area contributed by atoms with Crippen LogP contribution in [-0.2, 0) is 9.53 Å². The maximum absolute atomic E-state index is 11.0. The fraction of sp³-hybridized carbons (Fsp3) is 0.182. The minimum Gasteiger partial charge on any atom is -0.444 e. The van der Waals surface area contributed by atoms with Crippen molar-refractivity contribution in [2.24, 2.45) is 5.73 Å². The van der Waals surface area contributed by atoms with Gasteiger partial charge in [-0.15, -0.1) is 0 Å². The third-order valence-electron chi connectivity index (χ3n) is 1.51. The minimum absolute atomic E-state index is 0.427. The molecule has 2 N–H and O–H groups in total. The first-order valence-electron chi connectivity index (χ1n) is 4.38. The summed E-state index contributed by atoms with van der Waals surface area (Å²) >= 11 is 0. The lowest BCUT2D eigenvalue weighted by Gasteiger charge is -2.03. The molecule has 0 aliphatic rings. The Morgan fingerprint density at radius 3 is 2.64 bits per heavy atom. The van der Waals surface area contributed by atoms with Gasteiger partial charge in [-0.05, 0) is 18.6 Å². The number of ether oxygens (including phenoxy) is 1. The lowest BCUT2D eigenvalue weighted by atomic mass is 10.2. The summed E-state index contributed by atoms with van der Waals surface area (Å²) in [7, 11) is 0. The van der Waals surface area contributed by atoms with E-state index in [1.165, 1.54) is 6.08 Å². The van der Waals surface area contributed by atoms with Gasteiger partial charge in [-0.2, -0.15) is 0 Å². The number of carbonyl (C=O) groups excluding carboxylic acids is 1. The van der Waals surface area contributed by atoms with E-state index in [-0.39, 0.29) is 0 Å². The third kappa shape index (κ3) is 3.87. The van der Waals surface area contributed by atoms with E-state index in [9.17, 15) is 4.79 Å². The largest absolute Gasteiger partial charge is 0.444 e. The van der Waals surface area contributed by atoms with Gasteiger partial charge >= 0.3 is 5.97 Å². The van der Waals surface area contributed by atoms with Crippen LogP contribution in [0.15, 0.2) is 36.4 Å². The molecular formula is C11H13NO2. The van der Waals surface area contributed by atoms with Gasteiger partial charge in [0.05, 0.1) is 0 Å². The Morgan fingerprint density at radius 2 is 2.07 bits per heavy atom. The van der Waals surface area contributed by atoms with Crippen molar-refractivity contribution in [2.75, 3.05) is 0 Å². The fourth-order valence-electron chi connectivity index (χ4n) is 0.951. The number of hydrogen-bond donors (Lipinski definition) is 1. The predicted molar refractivity (Wildman–Crippen MR) is 55.2 cm³/mol. The molecule has 0 aliphatic heterocycles. The van der Waals surface area contributed by atoms with E-state index in [0.717, 1.165) is 5.56 Å². The third-order valence-corrected chi connectivity index (χ3v) is 1.51. The van der Waals surface area contributed by atoms with Gasteiger partial charge in [0.25, 0.3) is 0 Å². The SMILES string of the molecule is CC(N)OC(=O)C=Cc1ccccc1. The van der Waals surface area contributed by atoms with E-state index in [1.807, 2.05) is 30.3 Å². The summed E-state index contributed by atoms with van der Waals surface area (Å²) in [5.41, 5.74) is 6.24. The highest BCUT2D eigenvalue weighted by molar-refractivity contribution is 5.87. The first-order chi connectivity index (χ1) is 6.68. The van der Waals surface area contributed by atoms with Gasteiger partial charge in [-0.25, -0.2) is 4.79 Å². The molecule has 0 fully saturated rings. The van der Waals surface area contributed by atoms with Gasteiger partial charge in [0, 0.05) is 6.08 Å². The molecule has 74 valence electrons. The average molecular weight is 191 g/mol. The summed E-state index contributed by atoms with van der Waals surface area (Å²) in [4.78, 5) is 11.0. The number of carbonyl (C=O) groups is 1. The normalized spacial score (nSPS) is 12.7. The first kappa shape index (κ1) is 10.5. The Labute approximate surface area is 83.2 Å². The lowest BCUT2D eigenvalue weighted by Crippen LogP contribution is -2.22. The van der Waals surface area contributed by atoms with Crippen molar-refractivity contribution in [3.63, 3.8) is 0 Å². The van der Waals surface area contributed by atoms with E-state index in [1.54, 1.807) is 13.0 Å². The molecule has 0 aromatic heterocycles. The summed E-state index contributed by atoms with van der Waals surface area (Å²) in [6.07, 6.45) is 2.48. The summed E-state index contributed by atoms with van der Waals surface area (Å²) in [6.45, 7) is 1.61. The van der Waals surface area contributed by atoms with Crippen molar-refractivity contribution in [2.45, 2.75) is 13.2 Å². The van der Waals surface area contributed by atoms with Gasteiger partial charge in [-0.1, -0.05) is 30.3 Å². The molecule has 0 radical (unpaired) electrons. The van der Waals surface area contributed by atoms with Crippen molar-refractivity contribution in [3.8, 4) is 0 Å². The van der Waals surface area contributed by atoms with Crippen molar-refractivity contribution < 1.29 is 9.53 Å². The summed E-state index contributed by atoms with van der Waals surface area (Å²) in [6, 6.07) is 9.51. The molecule has 0 saturated carbocycles. The van der Waals surface area contributed by atoms with Gasteiger partial charge in [-0.3, -0.25) is 5.73 Å². The van der Waals surface area contributed by atoms with Crippen LogP contribution in [0.1, 0.15) is 12.5 Å². The van der Waals surface area contributed by atoms with Crippen molar-refractivity contribution >= 4 is 12.0 Å². The van der Waals surface area contributed by atoms with Gasteiger partial charge in [0.15, 0.2) is 0 Å². The van der Waals surface area contributed by atoms with Crippen LogP contribution in [0.2, 0.25) is 0 Å². The highest BCUT2D eigenvalue weighted by Gasteiger charge is 1.99. The number of esters is 1. The Hall–Kier alpha value is -1.61. The molecule has 3 heteroatoms. The second-order valence-corrected chi connectivity index (χ2v) is 2.89. The molecule has 0 saturated heterocycles. The van der Waals surface area contributed by atoms with Crippen molar-refractivity contribution in [1.29, 1.82) is 0 Å². The molecule has 0 amide bonds. The Bertz CT molecular complexity index is 317. The van der Waals surface area contributed by atoms with Crippen LogP contribution in [-0.4, -0.2) is 12.2 Å². The number of nitrogens with two attached hydrogens (primary N) is 1. The van der Waals surface area contributed by atoms with E-state index < -0.39 is 12.2 Å². The predicted octanol–water partition coefficient (Wildman–Crippen LogP) is 1.55. The van der Waals surface area contributed by atoms with E-state index in [0.29, 0.717) is 0 Å². The molecule has 3 nitrogen and oxygen atoms in total. The van der Waals surface area contributed by atoms with Crippen LogP contribution >= 0.6 is 0 Å². The fourth-order valence-corrected chi connectivity index (χ4v) is 0.951. The first-order valence-corrected chi connectivity index (χ1v) is 4.38. The Morgan fingerprint density at radius 1 is 1.43 bits per heavy atom. The molecular weight excluding hydrogens is 178 g/mol. The molecule has 0 spiro atoms. The topological polar surface area (TPSA) is 52.3 Å². The van der Waals surface area contributed by atoms with Gasteiger partial charge in [0.2, 0.25) is 0 Å². The van der Waals surface area contributed by atoms with Crippen LogP contribution in [0.4, 0.5) is 0 Å². The highest BCUT2D eigenvalue weighted by atomic mass is 16.5. The molecule has 0 aliphatic carbocycles. The van der Waals surface area contributed by atoms with Gasteiger partial charge in [0.1, 0.15) is 6.23 Å². The van der Waals surface area contributed by atoms with Crippen LogP contribution in [0.3, 0.4) is 0 Å². The summed E-state index contributed by atoms with van der Waals surface area (Å²) < 4.78 is 4.72. The second kappa shape index (κ2) is 5.19. The molecule has 1 aromatic carbocycles. The lowest BCUT2D eigenvalue weighted by molar-refractivity contribution is -0.141. The molecule has 1 unspecified atom stereocenters. The molecule has 14 heavy (non-hydrogen) atoms. The zero-order chi connectivity index (χ0) is 10.4. The monoisotopic (exact) mass is 191 g/mol. The van der Waals surface area contributed by atoms with E-state index >= 15 is 0 Å². The van der Waals surface area contributed by atoms with Crippen LogP contribution in [0.25, 0.3) is 6.08 Å². The van der Waals surface area contributed by atoms with E-state index in [2.05, 4.69) is 0 Å². The minimum atomic E-state index is -0.567. The van der Waals surface area contributed by atoms with E-state index in [4.69, 9.17) is 10.5 Å². The molecule has 1 aromatic rings. The highest BCUT2D eigenvalue weighted by Crippen LogP contribution is 2.01. The average Bonchev–Trinajstić information content (AvgIpc) is 2.15. The molecule has 0 bridgehead atoms. The van der Waals surface area contributed by atoms with Gasteiger partial charge < -0.3 is 4.74 Å². The second-order valence-electron chi connectivity index (χ2n) is 2.89. The molecule has 1 atom stereocenters. The summed E-state index contributed by atoms with van der Waals surface area (Å²) in [5.74, 6) is -0.427. The Balaban J connectivity index is 2.52. The number of benzene rings is 1. The van der Waals surface area contributed by atoms with Crippen LogP contribution in [0.5, 0.6) is 0 Å². The van der Waals surface area contributed by atoms with Crippen molar-refractivity contribution in [3.05, 3.63) is 42.0 Å². The van der Waals surface area contributed by atoms with Crippen molar-refractivity contribution in [1.82, 2.24) is 0 Å². The maximum Gasteiger partial charge on any atom is 0.332 e. The summed E-state index contributed by atoms with van der Waals surface area (Å²) in [5, 5.41) is 0. The maximum atomic E-state index is 11.0. The number of hydrogen-bond acceptors (Lipinski definition) is 3. The smallest absolute Gasteiger partial charge is 0.332 e. The number of rotatable bonds is 3. The zero-order valence-corrected chi connectivity index (χ0v) is 8.01. The molecule has 1 rings (SSSR count). The standard InChI is InChI=1S/C11H13NO2/c1-9(12)14-11(13)8-7-10-5-3-2-4-6-10/h2-9H,12H2,1H3.